The van der Waals surface area contributed by atoms with Crippen molar-refractivity contribution in [1.29, 1.82) is 0 Å². The van der Waals surface area contributed by atoms with Gasteiger partial charge < -0.3 is 22.1 Å². The third-order valence-electron chi connectivity index (χ3n) is 3.21. The van der Waals surface area contributed by atoms with E-state index < -0.39 is 0 Å². The van der Waals surface area contributed by atoms with Crippen LogP contribution in [0.25, 0.3) is 0 Å². The molecule has 126 valence electrons. The fourth-order valence-corrected chi connectivity index (χ4v) is 1.81. The first-order valence-electron chi connectivity index (χ1n) is 7.86. The van der Waals surface area contributed by atoms with Gasteiger partial charge in [0.1, 0.15) is 0 Å². The molecule has 0 unspecified atom stereocenters. The number of nitrogens with one attached hydrogen (secondary N) is 2. The fraction of sp³-hybridized carbons (Fsp3) is 0.263. The highest BCUT2D eigenvalue weighted by Crippen LogP contribution is 2.16. The van der Waals surface area contributed by atoms with Crippen LogP contribution in [0.1, 0.15) is 21.2 Å². The quantitative estimate of drug-likeness (QED) is 0.493. The zero-order chi connectivity index (χ0) is 16.9. The number of nitrogen functional groups attached to an aromatic ring is 1. The minimum Gasteiger partial charge on any atom is -0.399 e. The molecule has 6 N–H and O–H groups in total. The van der Waals surface area contributed by atoms with Gasteiger partial charge in [-0.15, -0.1) is 0 Å². The first kappa shape index (κ1) is 18.6. The Morgan fingerprint density at radius 3 is 2.57 bits per heavy atom. The topological polar surface area (TPSA) is 76.1 Å². The first-order chi connectivity index (χ1) is 11.2. The third-order valence-corrected chi connectivity index (χ3v) is 3.21. The van der Waals surface area contributed by atoms with Crippen molar-refractivity contribution in [2.45, 2.75) is 19.8 Å². The fourth-order valence-electron chi connectivity index (χ4n) is 1.81. The molecule has 0 aromatic heterocycles. The van der Waals surface area contributed by atoms with Crippen LogP contribution >= 0.6 is 0 Å². The Balaban J connectivity index is 0.000000468. The summed E-state index contributed by atoms with van der Waals surface area (Å²) in [6.07, 6.45) is 14.6. The van der Waals surface area contributed by atoms with Gasteiger partial charge in [0.05, 0.1) is 0 Å². The van der Waals surface area contributed by atoms with Crippen LogP contribution in [0, 0.1) is 0 Å². The van der Waals surface area contributed by atoms with Crippen molar-refractivity contribution in [2.75, 3.05) is 24.6 Å². The van der Waals surface area contributed by atoms with Gasteiger partial charge in [-0.3, -0.25) is 0 Å². The zero-order valence-corrected chi connectivity index (χ0v) is 14.0. The van der Waals surface area contributed by atoms with Gasteiger partial charge in [0, 0.05) is 37.8 Å². The summed E-state index contributed by atoms with van der Waals surface area (Å²) in [6.45, 7) is 2.61. The molecule has 0 saturated carbocycles. The molecule has 0 aliphatic heterocycles. The van der Waals surface area contributed by atoms with E-state index in [1.54, 1.807) is 0 Å². The molecule has 0 saturated heterocycles. The summed E-state index contributed by atoms with van der Waals surface area (Å²) in [5.41, 5.74) is 15.0. The molecule has 2 rings (SSSR count). The molecule has 1 aromatic carbocycles. The molecule has 0 fully saturated rings. The van der Waals surface area contributed by atoms with Crippen molar-refractivity contribution in [3.63, 3.8) is 0 Å². The Morgan fingerprint density at radius 2 is 2.00 bits per heavy atom. The normalized spacial score (nSPS) is 14.0. The number of hydrogen-bond acceptors (Lipinski definition) is 4. The van der Waals surface area contributed by atoms with Crippen LogP contribution < -0.4 is 22.1 Å². The van der Waals surface area contributed by atoms with E-state index in [0.717, 1.165) is 29.9 Å². The summed E-state index contributed by atoms with van der Waals surface area (Å²) < 4.78 is 0. The van der Waals surface area contributed by atoms with Gasteiger partial charge in [0.25, 0.3) is 0 Å². The number of benzene rings is 1. The van der Waals surface area contributed by atoms with Crippen LogP contribution in [0.15, 0.2) is 72.1 Å². The molecule has 0 radical (unpaired) electrons. The van der Waals surface area contributed by atoms with Crippen LogP contribution in [0.2, 0.25) is 0 Å². The summed E-state index contributed by atoms with van der Waals surface area (Å²) in [6, 6.07) is 7.77. The van der Waals surface area contributed by atoms with Gasteiger partial charge in [-0.2, -0.15) is 0 Å². The van der Waals surface area contributed by atoms with Crippen molar-refractivity contribution >= 4 is 11.4 Å². The summed E-state index contributed by atoms with van der Waals surface area (Å²) >= 11 is 0. The van der Waals surface area contributed by atoms with Gasteiger partial charge in [-0.05, 0) is 56.2 Å². The molecule has 1 aliphatic carbocycles. The van der Waals surface area contributed by atoms with Crippen LogP contribution in [-0.2, 0) is 0 Å². The molecule has 4 heteroatoms. The van der Waals surface area contributed by atoms with Gasteiger partial charge >= 0.3 is 0 Å². The van der Waals surface area contributed by atoms with Crippen LogP contribution in [0.3, 0.4) is 0 Å². The van der Waals surface area contributed by atoms with Crippen molar-refractivity contribution in [1.82, 2.24) is 5.32 Å². The van der Waals surface area contributed by atoms with Crippen molar-refractivity contribution in [3.8, 4) is 0 Å². The lowest BCUT2D eigenvalue weighted by Gasteiger charge is -2.10. The average molecular weight is 314 g/mol. The second-order valence-corrected chi connectivity index (χ2v) is 5.15. The summed E-state index contributed by atoms with van der Waals surface area (Å²) in [5, 5.41) is 6.32. The maximum atomic E-state index is 5.60. The highest BCUT2D eigenvalue weighted by Gasteiger charge is 1.97. The molecule has 1 aliphatic rings. The number of nitrogens with two attached hydrogens (primary N) is 2. The third kappa shape index (κ3) is 8.53. The molecule has 23 heavy (non-hydrogen) atoms. The lowest BCUT2D eigenvalue weighted by atomic mass is 10.1. The van der Waals surface area contributed by atoms with Crippen LogP contribution in [-0.4, -0.2) is 13.6 Å². The van der Waals surface area contributed by atoms with E-state index in [0.29, 0.717) is 6.54 Å². The molecule has 0 amide bonds. The highest BCUT2D eigenvalue weighted by molar-refractivity contribution is 5.55. The molecule has 0 bridgehead atoms. The van der Waals surface area contributed by atoms with Gasteiger partial charge in [-0.25, -0.2) is 0 Å². The lowest BCUT2D eigenvalue weighted by Crippen LogP contribution is -2.00. The van der Waals surface area contributed by atoms with Crippen molar-refractivity contribution < 1.29 is 1.43 Å². The second-order valence-electron chi connectivity index (χ2n) is 5.15. The number of hydrogen-bond donors (Lipinski definition) is 4. The second kappa shape index (κ2) is 11.2. The molecule has 1 aromatic rings. The Hall–Kier alpha value is -2.46. The minimum atomic E-state index is 0. The van der Waals surface area contributed by atoms with Crippen LogP contribution in [0.5, 0.6) is 0 Å². The molecule has 0 heterocycles. The molecular weight excluding hydrogens is 284 g/mol. The van der Waals surface area contributed by atoms with E-state index in [-0.39, 0.29) is 1.43 Å². The van der Waals surface area contributed by atoms with Crippen LogP contribution in [0.4, 0.5) is 11.4 Å². The monoisotopic (exact) mass is 314 g/mol. The van der Waals surface area contributed by atoms with Crippen molar-refractivity contribution in [3.05, 3.63) is 72.1 Å². The Labute approximate surface area is 141 Å². The maximum Gasteiger partial charge on any atom is 0.0385 e. The van der Waals surface area contributed by atoms with Gasteiger partial charge in [0.2, 0.25) is 0 Å². The van der Waals surface area contributed by atoms with E-state index in [9.17, 15) is 0 Å². The minimum absolute atomic E-state index is 0. The van der Waals surface area contributed by atoms with E-state index in [1.165, 1.54) is 5.70 Å². The predicted molar refractivity (Wildman–Crippen MR) is 104 cm³/mol. The molecule has 0 atom stereocenters. The maximum absolute atomic E-state index is 5.60. The largest absolute Gasteiger partial charge is 0.399 e. The highest BCUT2D eigenvalue weighted by atomic mass is 14.9. The predicted octanol–water partition coefficient (Wildman–Crippen LogP) is 3.79. The average Bonchev–Trinajstić information content (AvgIpc) is 2.58. The lowest BCUT2D eigenvalue weighted by molar-refractivity contribution is 0.990. The Morgan fingerprint density at radius 1 is 1.26 bits per heavy atom. The van der Waals surface area contributed by atoms with Crippen molar-refractivity contribution in [2.24, 2.45) is 5.73 Å². The first-order valence-corrected chi connectivity index (χ1v) is 7.86. The van der Waals surface area contributed by atoms with E-state index in [1.807, 2.05) is 56.5 Å². The Kier molecular flexibility index (Phi) is 9.01. The van der Waals surface area contributed by atoms with E-state index in [2.05, 4.69) is 28.9 Å². The smallest absolute Gasteiger partial charge is 0.0385 e. The Bertz CT molecular complexity index is 572. The molecular formula is C19H30N4. The summed E-state index contributed by atoms with van der Waals surface area (Å²) in [4.78, 5) is 0. The van der Waals surface area contributed by atoms with Gasteiger partial charge in [0.15, 0.2) is 0 Å². The number of anilines is 2. The van der Waals surface area contributed by atoms with Gasteiger partial charge in [-0.1, -0.05) is 24.3 Å². The standard InChI is InChI=1S/C12H14N2.C7H14N2.H2/c13-10-6-8-12(9-7-10)14-11-4-2-1-3-5-11;1-7(9-2)5-3-4-6-8;/h2,4-9,14H,1,3,13H2;3-5,9H,6,8H2,1-2H3;1H/b;4-3-,7-5-;. The molecule has 4 nitrogen and oxygen atoms in total. The number of allylic oxidation sites excluding steroid dienone is 6. The number of rotatable bonds is 5. The molecule has 0 spiro atoms. The van der Waals surface area contributed by atoms with E-state index >= 15 is 0 Å². The van der Waals surface area contributed by atoms with E-state index in [4.69, 9.17) is 11.5 Å². The zero-order valence-electron chi connectivity index (χ0n) is 14.0. The summed E-state index contributed by atoms with van der Waals surface area (Å²) in [5.74, 6) is 0. The summed E-state index contributed by atoms with van der Waals surface area (Å²) in [7, 11) is 1.89. The SMILES string of the molecule is CN/C(C)=C\C=C/CN.Nc1ccc(NC2=CCCC=C2)cc1.[HH].